The number of hydrogen-bond acceptors (Lipinski definition) is 11. The number of H-pyrrole nitrogens is 2. The average Bonchev–Trinajstić information content (AvgIpc) is 4.03. The Balaban J connectivity index is 1.14. The van der Waals surface area contributed by atoms with Gasteiger partial charge in [-0.2, -0.15) is 0 Å². The van der Waals surface area contributed by atoms with Gasteiger partial charge in [0.1, 0.15) is 53.7 Å². The second-order valence-corrected chi connectivity index (χ2v) is 15.7. The minimum atomic E-state index is -2.41. The summed E-state index contributed by atoms with van der Waals surface area (Å²) in [6.45, 7) is 4.32. The van der Waals surface area contributed by atoms with Crippen molar-refractivity contribution in [2.45, 2.75) is 95.0 Å². The molecule has 7 atom stereocenters. The van der Waals surface area contributed by atoms with E-state index in [0.717, 1.165) is 22.1 Å². The maximum absolute atomic E-state index is 13.6. The van der Waals surface area contributed by atoms with Gasteiger partial charge in [-0.15, -0.1) is 0 Å². The molecule has 8 rings (SSSR count). The third kappa shape index (κ3) is 6.94. The van der Waals surface area contributed by atoms with Crippen molar-refractivity contribution >= 4 is 38.8 Å². The van der Waals surface area contributed by atoms with Crippen LogP contribution in [0, 0.1) is 12.8 Å². The molecule has 1 amide bonds. The topological polar surface area (TPSA) is 230 Å². The summed E-state index contributed by atoms with van der Waals surface area (Å²) in [6.07, 6.45) is 3.07. The van der Waals surface area contributed by atoms with E-state index >= 15 is 0 Å². The Morgan fingerprint density at radius 1 is 1.07 bits per heavy atom. The number of fused-ring (bicyclic) bond motifs is 4. The van der Waals surface area contributed by atoms with Crippen molar-refractivity contribution in [3.05, 3.63) is 82.4 Å². The number of amides is 1. The average molecular weight is 788 g/mol. The van der Waals surface area contributed by atoms with Gasteiger partial charge in [-0.25, -0.2) is 9.78 Å². The number of hydrogen-bond donors (Lipinski definition) is 8. The number of nitrogens with zero attached hydrogens (tertiary/aromatic N) is 2. The first-order valence-corrected chi connectivity index (χ1v) is 19.3. The minimum Gasteiger partial charge on any atom is -0.482 e. The van der Waals surface area contributed by atoms with Crippen LogP contribution in [0.2, 0.25) is 0 Å². The lowest BCUT2D eigenvalue weighted by Crippen LogP contribution is -2.61. The van der Waals surface area contributed by atoms with Gasteiger partial charge in [0.25, 0.3) is 0 Å². The molecule has 304 valence electrons. The van der Waals surface area contributed by atoms with Crippen LogP contribution in [0.5, 0.6) is 5.75 Å². The first-order valence-electron chi connectivity index (χ1n) is 19.3. The number of carbonyl (C=O) groups is 1. The fourth-order valence-electron chi connectivity index (χ4n) is 8.54. The number of aliphatic hydroxyl groups excluding tert-OH is 4. The molecule has 16 nitrogen and oxygen atoms in total. The minimum absolute atomic E-state index is 0.0158. The molecular formula is C41H49N5O11. The summed E-state index contributed by atoms with van der Waals surface area (Å²) in [5, 5.41) is 58.7. The Kier molecular flexibility index (Phi) is 10.3. The van der Waals surface area contributed by atoms with Crippen molar-refractivity contribution in [2.75, 3.05) is 19.8 Å². The molecule has 0 bridgehead atoms. The highest BCUT2D eigenvalue weighted by molar-refractivity contribution is 5.92. The van der Waals surface area contributed by atoms with E-state index in [2.05, 4.69) is 22.2 Å². The van der Waals surface area contributed by atoms with Crippen LogP contribution < -0.4 is 15.5 Å². The highest BCUT2D eigenvalue weighted by Crippen LogP contribution is 2.46. The van der Waals surface area contributed by atoms with Crippen LogP contribution in [0.15, 0.2) is 64.3 Å². The predicted molar refractivity (Wildman–Crippen MR) is 208 cm³/mol. The monoisotopic (exact) mass is 787 g/mol. The number of carbonyl (C=O) groups excluding carboxylic acids is 1. The molecule has 0 radical (unpaired) electrons. The van der Waals surface area contributed by atoms with Crippen molar-refractivity contribution in [1.82, 2.24) is 24.4 Å². The highest BCUT2D eigenvalue weighted by atomic mass is 17.2. The molecule has 8 N–H and O–H groups in total. The lowest BCUT2D eigenvalue weighted by atomic mass is 9.83. The molecule has 6 aromatic rings. The largest absolute Gasteiger partial charge is 0.482 e. The quantitative estimate of drug-likeness (QED) is 0.0557. The molecule has 57 heavy (non-hydrogen) atoms. The lowest BCUT2D eigenvalue weighted by molar-refractivity contribution is -0.365. The van der Waals surface area contributed by atoms with Crippen molar-refractivity contribution in [1.29, 1.82) is 0 Å². The first-order chi connectivity index (χ1) is 27.3. The van der Waals surface area contributed by atoms with E-state index in [0.29, 0.717) is 71.5 Å². The Bertz CT molecular complexity index is 2480. The van der Waals surface area contributed by atoms with E-state index < -0.39 is 48.8 Å². The Hall–Kier alpha value is -4.94. The van der Waals surface area contributed by atoms with Crippen molar-refractivity contribution in [3.8, 4) is 11.4 Å². The van der Waals surface area contributed by atoms with Crippen LogP contribution in [0.1, 0.15) is 50.1 Å². The van der Waals surface area contributed by atoms with Crippen LogP contribution in [0.25, 0.3) is 38.6 Å². The van der Waals surface area contributed by atoms with Gasteiger partial charge in [0.15, 0.2) is 16.8 Å². The molecule has 16 heteroatoms. The molecular weight excluding hydrogens is 738 g/mol. The van der Waals surface area contributed by atoms with Crippen molar-refractivity contribution in [2.24, 2.45) is 5.92 Å². The Labute approximate surface area is 326 Å². The molecule has 2 aliphatic rings. The van der Waals surface area contributed by atoms with Gasteiger partial charge in [-0.3, -0.25) is 9.59 Å². The van der Waals surface area contributed by atoms with Crippen LogP contribution in [-0.2, 0) is 34.0 Å². The SMILES string of the molecule is CCc1c2cc[nH]c2cn1-c1c2c(cc3c(=O)cc(C)oc13)CC(OOCC(O)C(O)(Cn1ccc3[nH]ccc31)C(O)C(O)CO)C(C)(CCC1CNC(=O)C1)O2. The Morgan fingerprint density at radius 2 is 1.86 bits per heavy atom. The van der Waals surface area contributed by atoms with Crippen molar-refractivity contribution in [3.63, 3.8) is 0 Å². The highest BCUT2D eigenvalue weighted by Gasteiger charge is 2.49. The third-order valence-corrected chi connectivity index (χ3v) is 11.9. The summed E-state index contributed by atoms with van der Waals surface area (Å²) in [4.78, 5) is 43.9. The van der Waals surface area contributed by atoms with Crippen LogP contribution in [-0.4, -0.2) is 106 Å². The van der Waals surface area contributed by atoms with Gasteiger partial charge in [0, 0.05) is 66.9 Å². The molecule has 7 heterocycles. The number of aromatic amines is 2. The number of nitrogens with one attached hydrogen (secondary N) is 3. The molecule has 5 aromatic heterocycles. The van der Waals surface area contributed by atoms with Crippen LogP contribution >= 0.6 is 0 Å². The molecule has 1 aromatic carbocycles. The summed E-state index contributed by atoms with van der Waals surface area (Å²) in [6, 6.07) is 8.71. The Morgan fingerprint density at radius 3 is 2.61 bits per heavy atom. The maximum Gasteiger partial charge on any atom is 0.220 e. The molecule has 0 spiro atoms. The standard InChI is InChI=1S/C41H49N5O11/c1-4-29-25-6-10-43-28(25)18-46(29)36-37-24(15-26-31(48)13-22(2)55-38(26)36)16-34(40(3,56-37)9-5-23-14-35(51)44-17-23)57-54-20-33(50)41(53,39(52)32(49)19-47)21-45-12-8-27-30(45)7-11-42-27/h6-8,10-13,15,18,23,32-34,39,42-43,47,49-50,52-53H,4-5,9,14,16-17,19-21H2,1-3H3,(H,44,51). The zero-order chi connectivity index (χ0) is 40.2. The summed E-state index contributed by atoms with van der Waals surface area (Å²) >= 11 is 0. The van der Waals surface area contributed by atoms with Crippen LogP contribution in [0.3, 0.4) is 0 Å². The zero-order valence-corrected chi connectivity index (χ0v) is 32.0. The smallest absolute Gasteiger partial charge is 0.220 e. The third-order valence-electron chi connectivity index (χ3n) is 11.9. The summed E-state index contributed by atoms with van der Waals surface area (Å²) in [5.41, 5.74) is 1.20. The second kappa shape index (κ2) is 15.1. The fraction of sp³-hybridized carbons (Fsp3) is 0.463. The van der Waals surface area contributed by atoms with Gasteiger partial charge in [-0.05, 0) is 63.3 Å². The molecule has 1 saturated heterocycles. The number of rotatable bonds is 15. The summed E-state index contributed by atoms with van der Waals surface area (Å²) < 4.78 is 17.0. The molecule has 1 fully saturated rings. The molecule has 0 saturated carbocycles. The van der Waals surface area contributed by atoms with E-state index in [1.807, 2.05) is 30.0 Å². The van der Waals surface area contributed by atoms with E-state index in [9.17, 15) is 35.1 Å². The second-order valence-electron chi connectivity index (χ2n) is 15.7. The predicted octanol–water partition coefficient (Wildman–Crippen LogP) is 2.65. The van der Waals surface area contributed by atoms with Gasteiger partial charge >= 0.3 is 0 Å². The van der Waals surface area contributed by atoms with Crippen molar-refractivity contribution < 1.29 is 49.3 Å². The van der Waals surface area contributed by atoms with Gasteiger partial charge in [0.2, 0.25) is 5.91 Å². The number of aliphatic hydroxyl groups is 5. The van der Waals surface area contributed by atoms with E-state index in [1.165, 1.54) is 6.07 Å². The zero-order valence-electron chi connectivity index (χ0n) is 32.0. The van der Waals surface area contributed by atoms with Gasteiger partial charge < -0.3 is 59.1 Å². The first kappa shape index (κ1) is 38.9. The van der Waals surface area contributed by atoms with Gasteiger partial charge in [-0.1, -0.05) is 6.92 Å². The molecule has 2 aliphatic heterocycles. The number of aromatic nitrogens is 4. The maximum atomic E-state index is 13.6. The lowest BCUT2D eigenvalue weighted by Gasteiger charge is -2.43. The van der Waals surface area contributed by atoms with E-state index in [1.54, 1.807) is 42.1 Å². The number of aryl methyl sites for hydroxylation is 2. The number of ether oxygens (including phenoxy) is 1. The fourth-order valence-corrected chi connectivity index (χ4v) is 8.54. The van der Waals surface area contributed by atoms with E-state index in [-0.39, 0.29) is 30.2 Å². The van der Waals surface area contributed by atoms with Gasteiger partial charge in [0.05, 0.1) is 35.1 Å². The summed E-state index contributed by atoms with van der Waals surface area (Å²) in [7, 11) is 0. The van der Waals surface area contributed by atoms with E-state index in [4.69, 9.17) is 18.9 Å². The normalized spacial score (nSPS) is 22.4. The molecule has 7 unspecified atom stereocenters. The molecule has 0 aliphatic carbocycles. The van der Waals surface area contributed by atoms with Crippen LogP contribution in [0.4, 0.5) is 0 Å². The number of benzene rings is 1. The summed E-state index contributed by atoms with van der Waals surface area (Å²) in [5.74, 6) is 0.995.